The minimum Gasteiger partial charge on any atom is -0.379 e. The molecule has 15 heavy (non-hydrogen) atoms. The van der Waals surface area contributed by atoms with Crippen LogP contribution in [0.4, 0.5) is 0 Å². The molecule has 0 aromatic carbocycles. The first-order valence-corrected chi connectivity index (χ1v) is 6.41. The van der Waals surface area contributed by atoms with Crippen molar-refractivity contribution in [3.8, 4) is 0 Å². The van der Waals surface area contributed by atoms with E-state index in [1.807, 2.05) is 0 Å². The number of hydrogen-bond acceptors (Lipinski definition) is 3. The molecule has 1 rings (SSSR count). The number of rotatable bonds is 7. The molecular weight excluding hydrogens is 188 g/mol. The predicted octanol–water partition coefficient (Wildman–Crippen LogP) is 1.49. The fraction of sp³-hybridized carbons (Fsp3) is 1.00. The number of nitrogens with zero attached hydrogens (tertiary/aromatic N) is 1. The van der Waals surface area contributed by atoms with E-state index in [0.717, 1.165) is 39.4 Å². The average molecular weight is 214 g/mol. The van der Waals surface area contributed by atoms with Crippen LogP contribution in [0.15, 0.2) is 0 Å². The highest BCUT2D eigenvalue weighted by atomic mass is 16.5. The van der Waals surface area contributed by atoms with Crippen LogP contribution in [0.25, 0.3) is 0 Å². The molecule has 0 aromatic rings. The van der Waals surface area contributed by atoms with Gasteiger partial charge in [0.15, 0.2) is 0 Å². The zero-order chi connectivity index (χ0) is 10.9. The summed E-state index contributed by atoms with van der Waals surface area (Å²) in [5.74, 6) is 0. The van der Waals surface area contributed by atoms with Crippen molar-refractivity contribution in [2.75, 3.05) is 39.4 Å². The number of ether oxygens (including phenoxy) is 1. The van der Waals surface area contributed by atoms with Gasteiger partial charge in [0.2, 0.25) is 0 Å². The summed E-state index contributed by atoms with van der Waals surface area (Å²) < 4.78 is 5.39. The van der Waals surface area contributed by atoms with Crippen LogP contribution in [0.5, 0.6) is 0 Å². The van der Waals surface area contributed by atoms with E-state index in [1.165, 1.54) is 19.3 Å². The predicted molar refractivity (Wildman–Crippen MR) is 64.2 cm³/mol. The third-order valence-corrected chi connectivity index (χ3v) is 2.99. The molecule has 1 saturated heterocycles. The first-order chi connectivity index (χ1) is 7.38. The van der Waals surface area contributed by atoms with Gasteiger partial charge in [-0.15, -0.1) is 0 Å². The van der Waals surface area contributed by atoms with Gasteiger partial charge in [0.1, 0.15) is 0 Å². The lowest BCUT2D eigenvalue weighted by atomic mass is 10.1. The first-order valence-electron chi connectivity index (χ1n) is 6.41. The van der Waals surface area contributed by atoms with Crippen LogP contribution in [-0.4, -0.2) is 50.3 Å². The second-order valence-corrected chi connectivity index (χ2v) is 4.29. The van der Waals surface area contributed by atoms with Gasteiger partial charge in [0.05, 0.1) is 13.2 Å². The molecule has 0 bridgehead atoms. The Morgan fingerprint density at radius 2 is 1.93 bits per heavy atom. The number of nitrogens with one attached hydrogen (secondary N) is 1. The summed E-state index contributed by atoms with van der Waals surface area (Å²) in [5.41, 5.74) is 0. The van der Waals surface area contributed by atoms with Gasteiger partial charge in [0.25, 0.3) is 0 Å². The molecule has 1 aliphatic heterocycles. The Hall–Kier alpha value is -0.120. The summed E-state index contributed by atoms with van der Waals surface area (Å²) in [6.45, 7) is 10.8. The molecule has 1 heterocycles. The number of morpholine rings is 1. The molecular formula is C12H26N2O. The minimum atomic E-state index is 0.713. The van der Waals surface area contributed by atoms with Crippen LogP contribution in [0.1, 0.15) is 33.1 Å². The summed E-state index contributed by atoms with van der Waals surface area (Å²) in [6.07, 6.45) is 3.80. The van der Waals surface area contributed by atoms with E-state index in [9.17, 15) is 0 Å². The van der Waals surface area contributed by atoms with Gasteiger partial charge in [-0.2, -0.15) is 0 Å². The van der Waals surface area contributed by atoms with Gasteiger partial charge in [-0.1, -0.05) is 20.3 Å². The Morgan fingerprint density at radius 1 is 1.20 bits per heavy atom. The van der Waals surface area contributed by atoms with Gasteiger partial charge in [-0.3, -0.25) is 4.90 Å². The average Bonchev–Trinajstić information content (AvgIpc) is 2.29. The molecule has 0 radical (unpaired) electrons. The fourth-order valence-electron chi connectivity index (χ4n) is 2.14. The van der Waals surface area contributed by atoms with Crippen LogP contribution in [0.2, 0.25) is 0 Å². The highest BCUT2D eigenvalue weighted by Gasteiger charge is 2.19. The zero-order valence-corrected chi connectivity index (χ0v) is 10.3. The van der Waals surface area contributed by atoms with Crippen LogP contribution >= 0.6 is 0 Å². The summed E-state index contributed by atoms with van der Waals surface area (Å²) in [6, 6.07) is 0.713. The smallest absolute Gasteiger partial charge is 0.0594 e. The molecule has 3 heteroatoms. The third-order valence-electron chi connectivity index (χ3n) is 2.99. The van der Waals surface area contributed by atoms with E-state index in [2.05, 4.69) is 24.1 Å². The van der Waals surface area contributed by atoms with Crippen molar-refractivity contribution < 1.29 is 4.74 Å². The highest BCUT2D eigenvalue weighted by molar-refractivity contribution is 4.75. The maximum absolute atomic E-state index is 5.39. The minimum absolute atomic E-state index is 0.713. The molecule has 3 nitrogen and oxygen atoms in total. The van der Waals surface area contributed by atoms with Crippen LogP contribution in [-0.2, 0) is 4.74 Å². The third kappa shape index (κ3) is 4.96. The molecule has 0 amide bonds. The fourth-order valence-corrected chi connectivity index (χ4v) is 2.14. The quantitative estimate of drug-likeness (QED) is 0.650. The van der Waals surface area contributed by atoms with Crippen molar-refractivity contribution in [1.82, 2.24) is 10.2 Å². The number of hydrogen-bond donors (Lipinski definition) is 1. The molecule has 1 N–H and O–H groups in total. The van der Waals surface area contributed by atoms with Gasteiger partial charge in [-0.05, 0) is 19.4 Å². The lowest BCUT2D eigenvalue weighted by molar-refractivity contribution is 0.0148. The van der Waals surface area contributed by atoms with E-state index < -0.39 is 0 Å². The second-order valence-electron chi connectivity index (χ2n) is 4.29. The van der Waals surface area contributed by atoms with Gasteiger partial charge in [-0.25, -0.2) is 0 Å². The van der Waals surface area contributed by atoms with Crippen LogP contribution < -0.4 is 5.32 Å². The molecule has 1 atom stereocenters. The van der Waals surface area contributed by atoms with Crippen molar-refractivity contribution >= 4 is 0 Å². The zero-order valence-electron chi connectivity index (χ0n) is 10.3. The molecule has 0 aromatic heterocycles. The van der Waals surface area contributed by atoms with Crippen molar-refractivity contribution in [1.29, 1.82) is 0 Å². The van der Waals surface area contributed by atoms with Crippen molar-refractivity contribution in [2.45, 2.75) is 39.2 Å². The summed E-state index contributed by atoms with van der Waals surface area (Å²) in [7, 11) is 0. The Bertz CT molecular complexity index is 147. The molecule has 1 fully saturated rings. The van der Waals surface area contributed by atoms with E-state index in [1.54, 1.807) is 0 Å². The maximum Gasteiger partial charge on any atom is 0.0594 e. The van der Waals surface area contributed by atoms with E-state index in [-0.39, 0.29) is 0 Å². The molecule has 0 saturated carbocycles. The van der Waals surface area contributed by atoms with Crippen LogP contribution in [0.3, 0.4) is 0 Å². The first kappa shape index (κ1) is 12.9. The summed E-state index contributed by atoms with van der Waals surface area (Å²) in [4.78, 5) is 2.58. The lowest BCUT2D eigenvalue weighted by Gasteiger charge is -2.34. The Labute approximate surface area is 94.2 Å². The molecule has 90 valence electrons. The normalized spacial score (nSPS) is 20.4. The Morgan fingerprint density at radius 3 is 2.53 bits per heavy atom. The van der Waals surface area contributed by atoms with Crippen LogP contribution in [0, 0.1) is 0 Å². The van der Waals surface area contributed by atoms with Crippen molar-refractivity contribution in [2.24, 2.45) is 0 Å². The molecule has 0 aliphatic carbocycles. The molecule has 1 aliphatic rings. The van der Waals surface area contributed by atoms with Gasteiger partial charge >= 0.3 is 0 Å². The standard InChI is InChI=1S/C12H26N2O/c1-3-5-12(11-13-6-4-2)14-7-9-15-10-8-14/h12-13H,3-11H2,1-2H3. The largest absolute Gasteiger partial charge is 0.379 e. The monoisotopic (exact) mass is 214 g/mol. The summed E-state index contributed by atoms with van der Waals surface area (Å²) >= 11 is 0. The van der Waals surface area contributed by atoms with Crippen molar-refractivity contribution in [3.05, 3.63) is 0 Å². The maximum atomic E-state index is 5.39. The molecule has 1 unspecified atom stereocenters. The molecule has 0 spiro atoms. The second kappa shape index (κ2) is 8.08. The van der Waals surface area contributed by atoms with Crippen molar-refractivity contribution in [3.63, 3.8) is 0 Å². The highest BCUT2D eigenvalue weighted by Crippen LogP contribution is 2.08. The Balaban J connectivity index is 2.26. The van der Waals surface area contributed by atoms with E-state index >= 15 is 0 Å². The Kier molecular flexibility index (Phi) is 6.98. The topological polar surface area (TPSA) is 24.5 Å². The van der Waals surface area contributed by atoms with E-state index in [0.29, 0.717) is 6.04 Å². The summed E-state index contributed by atoms with van der Waals surface area (Å²) in [5, 5.41) is 3.53. The van der Waals surface area contributed by atoms with Gasteiger partial charge < -0.3 is 10.1 Å². The lowest BCUT2D eigenvalue weighted by Crippen LogP contribution is -2.47. The van der Waals surface area contributed by atoms with Gasteiger partial charge in [0, 0.05) is 25.7 Å². The van der Waals surface area contributed by atoms with E-state index in [4.69, 9.17) is 4.74 Å². The SMILES string of the molecule is CCCNCC(CCC)N1CCOCC1.